The summed E-state index contributed by atoms with van der Waals surface area (Å²) in [6, 6.07) is 3.90. The molecular weight excluding hydrogens is 384 g/mol. The van der Waals surface area contributed by atoms with Gasteiger partial charge in [0.05, 0.1) is 32.0 Å². The SMILES string of the molecule is CCOC(=O)C1CCN(C(=NCCCN2CCOCC2)NCCc2ccco2)CC1. The highest BCUT2D eigenvalue weighted by Gasteiger charge is 2.27. The summed E-state index contributed by atoms with van der Waals surface area (Å²) in [7, 11) is 0. The van der Waals surface area contributed by atoms with Crippen molar-refractivity contribution in [1.29, 1.82) is 0 Å². The third kappa shape index (κ3) is 7.32. The van der Waals surface area contributed by atoms with Crippen molar-refractivity contribution in [2.45, 2.75) is 32.6 Å². The van der Waals surface area contributed by atoms with E-state index in [4.69, 9.17) is 18.9 Å². The Hall–Kier alpha value is -2.06. The van der Waals surface area contributed by atoms with Gasteiger partial charge in [-0.05, 0) is 38.3 Å². The Labute approximate surface area is 179 Å². The molecule has 1 N–H and O–H groups in total. The summed E-state index contributed by atoms with van der Waals surface area (Å²) in [6.45, 7) is 10.2. The summed E-state index contributed by atoms with van der Waals surface area (Å²) in [5.74, 6) is 1.85. The molecule has 1 aromatic heterocycles. The molecule has 2 saturated heterocycles. The zero-order valence-electron chi connectivity index (χ0n) is 18.2. The molecular formula is C22H36N4O4. The molecule has 0 aliphatic carbocycles. The number of nitrogens with one attached hydrogen (secondary N) is 1. The van der Waals surface area contributed by atoms with Crippen LogP contribution in [0.3, 0.4) is 0 Å². The molecule has 0 bridgehead atoms. The molecule has 0 radical (unpaired) electrons. The van der Waals surface area contributed by atoms with Crippen LogP contribution in [0.5, 0.6) is 0 Å². The average molecular weight is 421 g/mol. The largest absolute Gasteiger partial charge is 0.469 e. The van der Waals surface area contributed by atoms with Gasteiger partial charge in [-0.3, -0.25) is 14.7 Å². The predicted octanol–water partition coefficient (Wildman–Crippen LogP) is 1.77. The van der Waals surface area contributed by atoms with Gasteiger partial charge in [0.1, 0.15) is 5.76 Å². The number of furan rings is 1. The van der Waals surface area contributed by atoms with Crippen molar-refractivity contribution in [3.63, 3.8) is 0 Å². The molecule has 2 fully saturated rings. The van der Waals surface area contributed by atoms with Crippen molar-refractivity contribution in [2.75, 3.05) is 65.6 Å². The number of rotatable bonds is 9. The highest BCUT2D eigenvalue weighted by molar-refractivity contribution is 5.80. The number of esters is 1. The number of carbonyl (C=O) groups is 1. The first-order valence-electron chi connectivity index (χ1n) is 11.3. The van der Waals surface area contributed by atoms with E-state index in [0.717, 1.165) is 96.4 Å². The van der Waals surface area contributed by atoms with Crippen LogP contribution in [0.4, 0.5) is 0 Å². The van der Waals surface area contributed by atoms with Crippen LogP contribution in [0.15, 0.2) is 27.8 Å². The fourth-order valence-corrected chi connectivity index (χ4v) is 3.91. The highest BCUT2D eigenvalue weighted by atomic mass is 16.5. The number of guanidine groups is 1. The number of morpholine rings is 1. The zero-order valence-corrected chi connectivity index (χ0v) is 18.2. The van der Waals surface area contributed by atoms with E-state index in [1.807, 2.05) is 19.1 Å². The predicted molar refractivity (Wildman–Crippen MR) is 116 cm³/mol. The normalized spacial score (nSPS) is 19.1. The summed E-state index contributed by atoms with van der Waals surface area (Å²) in [5.41, 5.74) is 0. The van der Waals surface area contributed by atoms with E-state index in [1.165, 1.54) is 0 Å². The highest BCUT2D eigenvalue weighted by Crippen LogP contribution is 2.19. The lowest BCUT2D eigenvalue weighted by atomic mass is 9.97. The van der Waals surface area contributed by atoms with Crippen LogP contribution < -0.4 is 5.32 Å². The van der Waals surface area contributed by atoms with Gasteiger partial charge in [-0.2, -0.15) is 0 Å². The Morgan fingerprint density at radius 2 is 2.07 bits per heavy atom. The van der Waals surface area contributed by atoms with Crippen molar-refractivity contribution >= 4 is 11.9 Å². The molecule has 168 valence electrons. The van der Waals surface area contributed by atoms with Crippen molar-refractivity contribution in [2.24, 2.45) is 10.9 Å². The van der Waals surface area contributed by atoms with Gasteiger partial charge in [0.15, 0.2) is 5.96 Å². The first kappa shape index (κ1) is 22.6. The van der Waals surface area contributed by atoms with E-state index in [1.54, 1.807) is 6.26 Å². The molecule has 1 aromatic rings. The lowest BCUT2D eigenvalue weighted by molar-refractivity contribution is -0.149. The van der Waals surface area contributed by atoms with Gasteiger partial charge in [-0.25, -0.2) is 0 Å². The summed E-state index contributed by atoms with van der Waals surface area (Å²) >= 11 is 0. The van der Waals surface area contributed by atoms with Gasteiger partial charge in [0.2, 0.25) is 0 Å². The van der Waals surface area contributed by atoms with Crippen LogP contribution in [0.2, 0.25) is 0 Å². The zero-order chi connectivity index (χ0) is 21.0. The number of hydrogen-bond acceptors (Lipinski definition) is 6. The van der Waals surface area contributed by atoms with Crippen molar-refractivity contribution in [3.05, 3.63) is 24.2 Å². The molecule has 2 aliphatic rings. The second-order valence-corrected chi connectivity index (χ2v) is 7.78. The number of hydrogen-bond donors (Lipinski definition) is 1. The summed E-state index contributed by atoms with van der Waals surface area (Å²) in [6.07, 6.45) is 5.18. The van der Waals surface area contributed by atoms with Gasteiger partial charge in [-0.1, -0.05) is 0 Å². The summed E-state index contributed by atoms with van der Waals surface area (Å²) in [4.78, 5) is 21.6. The molecule has 0 aromatic carbocycles. The smallest absolute Gasteiger partial charge is 0.309 e. The minimum absolute atomic E-state index is 0.00638. The molecule has 2 aliphatic heterocycles. The van der Waals surface area contributed by atoms with Gasteiger partial charge < -0.3 is 24.1 Å². The first-order chi connectivity index (χ1) is 14.8. The van der Waals surface area contributed by atoms with Crippen LogP contribution in [0.25, 0.3) is 0 Å². The van der Waals surface area contributed by atoms with Crippen LogP contribution in [-0.2, 0) is 20.7 Å². The maximum atomic E-state index is 12.0. The Morgan fingerprint density at radius 1 is 1.27 bits per heavy atom. The number of piperidine rings is 1. The minimum Gasteiger partial charge on any atom is -0.469 e. The molecule has 3 heterocycles. The maximum Gasteiger partial charge on any atom is 0.309 e. The standard InChI is InChI=1S/C22H36N4O4/c1-2-29-21(27)19-7-12-26(13-8-19)22(24-10-6-20-5-3-16-30-20)23-9-4-11-25-14-17-28-18-15-25/h3,5,16,19H,2,4,6-15,17-18H2,1H3,(H,23,24). The Morgan fingerprint density at radius 3 is 2.77 bits per heavy atom. The van der Waals surface area contributed by atoms with Gasteiger partial charge >= 0.3 is 5.97 Å². The van der Waals surface area contributed by atoms with E-state index in [-0.39, 0.29) is 11.9 Å². The molecule has 3 rings (SSSR count). The lowest BCUT2D eigenvalue weighted by Gasteiger charge is -2.33. The van der Waals surface area contributed by atoms with Crippen molar-refractivity contribution < 1.29 is 18.7 Å². The monoisotopic (exact) mass is 420 g/mol. The summed E-state index contributed by atoms with van der Waals surface area (Å²) in [5, 5.41) is 3.50. The topological polar surface area (TPSA) is 79.5 Å². The molecule has 30 heavy (non-hydrogen) atoms. The second-order valence-electron chi connectivity index (χ2n) is 7.78. The Balaban J connectivity index is 1.48. The van der Waals surface area contributed by atoms with Gasteiger partial charge in [0.25, 0.3) is 0 Å². The van der Waals surface area contributed by atoms with Crippen LogP contribution in [-0.4, -0.2) is 87.4 Å². The third-order valence-corrected chi connectivity index (χ3v) is 5.65. The van der Waals surface area contributed by atoms with E-state index in [2.05, 4.69) is 15.1 Å². The van der Waals surface area contributed by atoms with Crippen molar-refractivity contribution in [3.8, 4) is 0 Å². The molecule has 0 saturated carbocycles. The molecule has 0 unspecified atom stereocenters. The number of carbonyl (C=O) groups excluding carboxylic acids is 1. The average Bonchev–Trinajstić information content (AvgIpc) is 3.30. The Kier molecular flexibility index (Phi) is 9.50. The van der Waals surface area contributed by atoms with E-state index in [9.17, 15) is 4.79 Å². The molecule has 0 amide bonds. The van der Waals surface area contributed by atoms with E-state index in [0.29, 0.717) is 6.61 Å². The molecule has 0 spiro atoms. The van der Waals surface area contributed by atoms with Crippen LogP contribution in [0, 0.1) is 5.92 Å². The van der Waals surface area contributed by atoms with Crippen molar-refractivity contribution in [1.82, 2.24) is 15.1 Å². The molecule has 8 nitrogen and oxygen atoms in total. The van der Waals surface area contributed by atoms with Gasteiger partial charge in [0, 0.05) is 52.2 Å². The Bertz CT molecular complexity index is 636. The second kappa shape index (κ2) is 12.6. The third-order valence-electron chi connectivity index (χ3n) is 5.65. The maximum absolute atomic E-state index is 12.0. The fourth-order valence-electron chi connectivity index (χ4n) is 3.91. The van der Waals surface area contributed by atoms with Gasteiger partial charge in [-0.15, -0.1) is 0 Å². The minimum atomic E-state index is -0.0630. The number of ether oxygens (including phenoxy) is 2. The lowest BCUT2D eigenvalue weighted by Crippen LogP contribution is -2.47. The van der Waals surface area contributed by atoms with Crippen LogP contribution >= 0.6 is 0 Å². The fraction of sp³-hybridized carbons (Fsp3) is 0.727. The van der Waals surface area contributed by atoms with Crippen LogP contribution in [0.1, 0.15) is 31.9 Å². The molecule has 0 atom stereocenters. The van der Waals surface area contributed by atoms with E-state index >= 15 is 0 Å². The van der Waals surface area contributed by atoms with E-state index < -0.39 is 0 Å². The summed E-state index contributed by atoms with van der Waals surface area (Å²) < 4.78 is 16.0. The quantitative estimate of drug-likeness (QED) is 0.282. The number of likely N-dealkylation sites (tertiary alicyclic amines) is 1. The number of aliphatic imine (C=N–C) groups is 1. The molecule has 8 heteroatoms. The first-order valence-corrected chi connectivity index (χ1v) is 11.3. The number of nitrogens with zero attached hydrogens (tertiary/aromatic N) is 3.